The number of thiol groups is 1. The Kier molecular flexibility index (Phi) is 5.79. The maximum Gasteiger partial charge on any atom is 0.168 e. The Labute approximate surface area is 178 Å². The lowest BCUT2D eigenvalue weighted by Gasteiger charge is -2.29. The highest BCUT2D eigenvalue weighted by Crippen LogP contribution is 2.37. The molecule has 1 fully saturated rings. The second-order valence-corrected chi connectivity index (χ2v) is 8.90. The van der Waals surface area contributed by atoms with E-state index in [2.05, 4.69) is 90.7 Å². The van der Waals surface area contributed by atoms with Crippen molar-refractivity contribution >= 4 is 41.3 Å². The number of amidine groups is 1. The molecule has 2 aliphatic rings. The third-order valence-electron chi connectivity index (χ3n) is 6.11. The van der Waals surface area contributed by atoms with E-state index in [1.165, 1.54) is 53.7 Å². The van der Waals surface area contributed by atoms with Crippen LogP contribution in [0.4, 0.5) is 0 Å². The minimum Gasteiger partial charge on any atom is -0.354 e. The molecule has 3 heterocycles. The first-order valence-electron chi connectivity index (χ1n) is 10.5. The third-order valence-corrected chi connectivity index (χ3v) is 6.44. The predicted molar refractivity (Wildman–Crippen MR) is 129 cm³/mol. The van der Waals surface area contributed by atoms with Crippen molar-refractivity contribution in [2.75, 3.05) is 20.1 Å². The summed E-state index contributed by atoms with van der Waals surface area (Å²) in [5.41, 5.74) is 6.35. The van der Waals surface area contributed by atoms with E-state index < -0.39 is 0 Å². The van der Waals surface area contributed by atoms with E-state index >= 15 is 0 Å². The molecule has 0 saturated carbocycles. The van der Waals surface area contributed by atoms with E-state index in [9.17, 15) is 0 Å². The van der Waals surface area contributed by atoms with Crippen molar-refractivity contribution in [2.24, 2.45) is 9.98 Å². The van der Waals surface area contributed by atoms with Crippen LogP contribution in [0.15, 0.2) is 45.2 Å². The number of hydrogen-bond acceptors (Lipinski definition) is 4. The Bertz CT molecular complexity index is 1030. The minimum absolute atomic E-state index is 0.414. The molecule has 2 aromatic rings. The number of aromatic nitrogens is 1. The van der Waals surface area contributed by atoms with Crippen molar-refractivity contribution in [3.05, 3.63) is 52.1 Å². The van der Waals surface area contributed by atoms with Gasteiger partial charge in [0.25, 0.3) is 0 Å². The molecule has 2 aliphatic heterocycles. The summed E-state index contributed by atoms with van der Waals surface area (Å²) >= 11 is 4.60. The summed E-state index contributed by atoms with van der Waals surface area (Å²) < 4.78 is 0. The van der Waals surface area contributed by atoms with E-state index in [0.29, 0.717) is 17.7 Å². The molecule has 5 heteroatoms. The van der Waals surface area contributed by atoms with Crippen molar-refractivity contribution in [1.82, 2.24) is 9.88 Å². The van der Waals surface area contributed by atoms with Crippen LogP contribution in [0.1, 0.15) is 62.3 Å². The molecule has 0 aliphatic carbocycles. The molecule has 0 radical (unpaired) electrons. The summed E-state index contributed by atoms with van der Waals surface area (Å²) in [6.07, 6.45) is 8.23. The molecule has 0 amide bonds. The van der Waals surface area contributed by atoms with Gasteiger partial charge in [-0.25, -0.2) is 9.98 Å². The van der Waals surface area contributed by atoms with Crippen LogP contribution in [0.3, 0.4) is 0 Å². The first-order valence-corrected chi connectivity index (χ1v) is 10.9. The van der Waals surface area contributed by atoms with Crippen molar-refractivity contribution in [2.45, 2.75) is 45.4 Å². The van der Waals surface area contributed by atoms with Crippen LogP contribution in [0.2, 0.25) is 0 Å². The van der Waals surface area contributed by atoms with Gasteiger partial charge in [-0.2, -0.15) is 0 Å². The molecule has 1 aromatic heterocycles. The highest BCUT2D eigenvalue weighted by Gasteiger charge is 2.22. The number of hydrogen-bond donors (Lipinski definition) is 2. The van der Waals surface area contributed by atoms with Gasteiger partial charge in [-0.3, -0.25) is 0 Å². The first kappa shape index (κ1) is 20.2. The maximum atomic E-state index is 4.60. The average molecular weight is 407 g/mol. The van der Waals surface area contributed by atoms with Crippen LogP contribution >= 0.6 is 12.6 Å². The SMILES string of the molecule is C/C=C(\C=C(\S)C1=NC=N1)c1[nH]c2ccc(C3CCN(C)CC3)cc2c1C(C)C. The lowest BCUT2D eigenvalue weighted by atomic mass is 9.87. The molecule has 1 N–H and O–H groups in total. The molecule has 0 bridgehead atoms. The third kappa shape index (κ3) is 3.99. The summed E-state index contributed by atoms with van der Waals surface area (Å²) in [6.45, 7) is 8.98. The molecule has 4 rings (SSSR count). The molecular formula is C24H30N4S. The van der Waals surface area contributed by atoms with Gasteiger partial charge in [-0.1, -0.05) is 26.0 Å². The number of fused-ring (bicyclic) bond motifs is 1. The summed E-state index contributed by atoms with van der Waals surface area (Å²) in [7, 11) is 2.22. The maximum absolute atomic E-state index is 4.60. The molecule has 152 valence electrons. The molecule has 0 atom stereocenters. The summed E-state index contributed by atoms with van der Waals surface area (Å²) in [5, 5.41) is 1.35. The van der Waals surface area contributed by atoms with Gasteiger partial charge in [0.1, 0.15) is 6.34 Å². The molecule has 4 nitrogen and oxygen atoms in total. The smallest absolute Gasteiger partial charge is 0.168 e. The number of aromatic amines is 1. The Morgan fingerprint density at radius 2 is 2.00 bits per heavy atom. The number of H-pyrrole nitrogens is 1. The van der Waals surface area contributed by atoms with E-state index in [4.69, 9.17) is 0 Å². The Morgan fingerprint density at radius 3 is 2.59 bits per heavy atom. The fourth-order valence-corrected chi connectivity index (χ4v) is 4.67. The Balaban J connectivity index is 1.75. The fraction of sp³-hybridized carbons (Fsp3) is 0.417. The van der Waals surface area contributed by atoms with Crippen LogP contribution < -0.4 is 0 Å². The van der Waals surface area contributed by atoms with Gasteiger partial charge in [-0.15, -0.1) is 12.6 Å². The van der Waals surface area contributed by atoms with Crippen LogP contribution in [0, 0.1) is 0 Å². The topological polar surface area (TPSA) is 43.8 Å². The highest BCUT2D eigenvalue weighted by molar-refractivity contribution is 7.85. The van der Waals surface area contributed by atoms with Crippen molar-refractivity contribution in [3.8, 4) is 0 Å². The number of aliphatic imine (C=N–C) groups is 2. The molecule has 1 aromatic carbocycles. The largest absolute Gasteiger partial charge is 0.354 e. The van der Waals surface area contributed by atoms with E-state index in [0.717, 1.165) is 10.5 Å². The van der Waals surface area contributed by atoms with E-state index in [1.807, 2.05) is 0 Å². The number of rotatable bonds is 5. The van der Waals surface area contributed by atoms with Crippen molar-refractivity contribution in [1.29, 1.82) is 0 Å². The zero-order valence-electron chi connectivity index (χ0n) is 17.7. The molecule has 29 heavy (non-hydrogen) atoms. The van der Waals surface area contributed by atoms with Gasteiger partial charge in [0, 0.05) is 21.5 Å². The standard InChI is InChI=1S/C24H30N4S/c1-5-16(13-21(29)24-25-14-26-24)23-22(15(2)3)19-12-18(6-7-20(19)27-23)17-8-10-28(4)11-9-17/h5-7,12-15,17,27,29H,8-11H2,1-4H3/b16-5+,21-13+. The lowest BCUT2D eigenvalue weighted by molar-refractivity contribution is 0.255. The van der Waals surface area contributed by atoms with Gasteiger partial charge in [0.15, 0.2) is 5.84 Å². The summed E-state index contributed by atoms with van der Waals surface area (Å²) in [6, 6.07) is 7.01. The summed E-state index contributed by atoms with van der Waals surface area (Å²) in [4.78, 5) is 15.2. The van der Waals surface area contributed by atoms with Crippen LogP contribution in [-0.2, 0) is 0 Å². The van der Waals surface area contributed by atoms with Crippen LogP contribution in [0.25, 0.3) is 16.5 Å². The quantitative estimate of drug-likeness (QED) is 0.481. The number of piperidine rings is 1. The average Bonchev–Trinajstić information content (AvgIpc) is 3.04. The zero-order valence-corrected chi connectivity index (χ0v) is 18.6. The number of benzene rings is 1. The Hall–Kier alpha value is -2.11. The van der Waals surface area contributed by atoms with Crippen LogP contribution in [-0.4, -0.2) is 42.2 Å². The molecule has 0 unspecified atom stereocenters. The number of nitrogens with one attached hydrogen (secondary N) is 1. The van der Waals surface area contributed by atoms with Crippen molar-refractivity contribution in [3.63, 3.8) is 0 Å². The van der Waals surface area contributed by atoms with Crippen LogP contribution in [0.5, 0.6) is 0 Å². The normalized spacial score (nSPS) is 19.2. The number of nitrogens with zero attached hydrogens (tertiary/aromatic N) is 3. The summed E-state index contributed by atoms with van der Waals surface area (Å²) in [5.74, 6) is 1.77. The van der Waals surface area contributed by atoms with Gasteiger partial charge >= 0.3 is 0 Å². The zero-order chi connectivity index (χ0) is 20.5. The molecule has 0 spiro atoms. The minimum atomic E-state index is 0.414. The van der Waals surface area contributed by atoms with Gasteiger partial charge in [-0.05, 0) is 86.6 Å². The first-order chi connectivity index (χ1) is 14.0. The van der Waals surface area contributed by atoms with Gasteiger partial charge in [0.05, 0.1) is 0 Å². The molecular weight excluding hydrogens is 376 g/mol. The van der Waals surface area contributed by atoms with Gasteiger partial charge < -0.3 is 9.88 Å². The fourth-order valence-electron chi connectivity index (χ4n) is 4.41. The van der Waals surface area contributed by atoms with E-state index in [1.54, 1.807) is 6.34 Å². The predicted octanol–water partition coefficient (Wildman–Crippen LogP) is 5.76. The monoisotopic (exact) mass is 406 g/mol. The Morgan fingerprint density at radius 1 is 1.28 bits per heavy atom. The second kappa shape index (κ2) is 8.33. The number of allylic oxidation sites excluding steroid dienone is 3. The lowest BCUT2D eigenvalue weighted by Crippen LogP contribution is -2.29. The molecule has 1 saturated heterocycles. The van der Waals surface area contributed by atoms with E-state index in [-0.39, 0.29) is 0 Å². The van der Waals surface area contributed by atoms with Gasteiger partial charge in [0.2, 0.25) is 0 Å². The highest BCUT2D eigenvalue weighted by atomic mass is 32.1. The number of likely N-dealkylation sites (tertiary alicyclic amines) is 1. The second-order valence-electron chi connectivity index (χ2n) is 8.42. The van der Waals surface area contributed by atoms with Crippen molar-refractivity contribution < 1.29 is 0 Å².